The average molecular weight is 274 g/mol. The second kappa shape index (κ2) is 7.12. The molecule has 2 unspecified atom stereocenters. The lowest BCUT2D eigenvalue weighted by Gasteiger charge is -2.37. The predicted octanol–water partition coefficient (Wildman–Crippen LogP) is 3.91. The summed E-state index contributed by atoms with van der Waals surface area (Å²) in [4.78, 5) is 2.59. The van der Waals surface area contributed by atoms with Gasteiger partial charge < -0.3 is 10.2 Å². The lowest BCUT2D eigenvalue weighted by Crippen LogP contribution is -2.39. The third kappa shape index (κ3) is 4.24. The summed E-state index contributed by atoms with van der Waals surface area (Å²) in [5, 5.41) is 3.58. The second-order valence-electron chi connectivity index (χ2n) is 7.00. The molecule has 0 saturated carbocycles. The van der Waals surface area contributed by atoms with E-state index in [0.29, 0.717) is 5.92 Å². The van der Waals surface area contributed by atoms with Crippen LogP contribution in [0.25, 0.3) is 0 Å². The summed E-state index contributed by atoms with van der Waals surface area (Å²) in [5.41, 5.74) is 2.87. The highest BCUT2D eigenvalue weighted by atomic mass is 15.1. The van der Waals surface area contributed by atoms with Crippen LogP contribution in [-0.2, 0) is 6.54 Å². The van der Waals surface area contributed by atoms with E-state index in [4.69, 9.17) is 0 Å². The van der Waals surface area contributed by atoms with Crippen molar-refractivity contribution in [1.29, 1.82) is 0 Å². The van der Waals surface area contributed by atoms with Crippen LogP contribution in [0.5, 0.6) is 0 Å². The van der Waals surface area contributed by atoms with E-state index in [9.17, 15) is 0 Å². The summed E-state index contributed by atoms with van der Waals surface area (Å²) in [5.74, 6) is 2.31. The van der Waals surface area contributed by atoms with Crippen LogP contribution in [-0.4, -0.2) is 19.6 Å². The normalized spacial score (nSPS) is 23.4. The van der Waals surface area contributed by atoms with Crippen LogP contribution < -0.4 is 10.2 Å². The zero-order valence-corrected chi connectivity index (χ0v) is 13.5. The number of benzene rings is 1. The minimum Gasteiger partial charge on any atom is -0.371 e. The van der Waals surface area contributed by atoms with Gasteiger partial charge in [-0.1, -0.05) is 45.9 Å². The summed E-state index contributed by atoms with van der Waals surface area (Å²) in [6.07, 6.45) is 1.37. The number of nitrogens with one attached hydrogen (secondary N) is 1. The summed E-state index contributed by atoms with van der Waals surface area (Å²) in [6, 6.07) is 8.89. The van der Waals surface area contributed by atoms with Crippen LogP contribution in [0.1, 0.15) is 39.7 Å². The van der Waals surface area contributed by atoms with Crippen LogP contribution >= 0.6 is 0 Å². The molecule has 1 fully saturated rings. The van der Waals surface area contributed by atoms with Crippen molar-refractivity contribution in [1.82, 2.24) is 5.32 Å². The van der Waals surface area contributed by atoms with Gasteiger partial charge in [-0.05, 0) is 42.3 Å². The minimum atomic E-state index is 0.706. The van der Waals surface area contributed by atoms with Crippen molar-refractivity contribution in [2.45, 2.75) is 40.7 Å². The Morgan fingerprint density at radius 3 is 2.45 bits per heavy atom. The Morgan fingerprint density at radius 2 is 1.80 bits per heavy atom. The molecule has 2 heteroatoms. The largest absolute Gasteiger partial charge is 0.371 e. The van der Waals surface area contributed by atoms with Gasteiger partial charge in [0.25, 0.3) is 0 Å². The standard InChI is InChI=1S/C18H30N2/c1-14(2)10-19-11-17-7-5-6-8-18(17)20-12-15(3)9-16(4)13-20/h5-8,14-16,19H,9-13H2,1-4H3. The summed E-state index contributed by atoms with van der Waals surface area (Å²) < 4.78 is 0. The van der Waals surface area contributed by atoms with Crippen LogP contribution in [0.2, 0.25) is 0 Å². The van der Waals surface area contributed by atoms with Crippen molar-refractivity contribution in [3.8, 4) is 0 Å². The van der Waals surface area contributed by atoms with E-state index in [1.54, 1.807) is 0 Å². The van der Waals surface area contributed by atoms with E-state index < -0.39 is 0 Å². The van der Waals surface area contributed by atoms with Crippen molar-refractivity contribution in [2.24, 2.45) is 17.8 Å². The van der Waals surface area contributed by atoms with E-state index in [-0.39, 0.29) is 0 Å². The molecule has 0 aromatic heterocycles. The lowest BCUT2D eigenvalue weighted by molar-refractivity contribution is 0.356. The molecule has 1 aliphatic heterocycles. The first-order valence-corrected chi connectivity index (χ1v) is 8.09. The first-order valence-electron chi connectivity index (χ1n) is 8.09. The van der Waals surface area contributed by atoms with Crippen LogP contribution in [0.15, 0.2) is 24.3 Å². The van der Waals surface area contributed by atoms with Crippen molar-refractivity contribution in [2.75, 3.05) is 24.5 Å². The van der Waals surface area contributed by atoms with Crippen LogP contribution in [0.4, 0.5) is 5.69 Å². The van der Waals surface area contributed by atoms with Crippen molar-refractivity contribution in [3.63, 3.8) is 0 Å². The van der Waals surface area contributed by atoms with Gasteiger partial charge in [-0.25, -0.2) is 0 Å². The molecule has 0 bridgehead atoms. The topological polar surface area (TPSA) is 15.3 Å². The Labute approximate surface area is 124 Å². The summed E-state index contributed by atoms with van der Waals surface area (Å²) >= 11 is 0. The molecule has 1 heterocycles. The van der Waals surface area contributed by atoms with Gasteiger partial charge in [0.05, 0.1) is 0 Å². The molecule has 0 radical (unpaired) electrons. The van der Waals surface area contributed by atoms with Crippen LogP contribution in [0, 0.1) is 17.8 Å². The summed E-state index contributed by atoms with van der Waals surface area (Å²) in [7, 11) is 0. The number of para-hydroxylation sites is 1. The molecule has 0 amide bonds. The number of hydrogen-bond donors (Lipinski definition) is 1. The Balaban J connectivity index is 2.06. The fourth-order valence-electron chi connectivity index (χ4n) is 3.32. The maximum absolute atomic E-state index is 3.58. The van der Waals surface area contributed by atoms with Gasteiger partial charge >= 0.3 is 0 Å². The predicted molar refractivity (Wildman–Crippen MR) is 88.1 cm³/mol. The van der Waals surface area contributed by atoms with E-state index in [1.807, 2.05) is 0 Å². The molecule has 0 aliphatic carbocycles. The Kier molecular flexibility index (Phi) is 5.47. The fraction of sp³-hybridized carbons (Fsp3) is 0.667. The van der Waals surface area contributed by atoms with Crippen molar-refractivity contribution >= 4 is 5.69 Å². The number of piperidine rings is 1. The Bertz CT molecular complexity index is 404. The molecule has 1 N–H and O–H groups in total. The Hall–Kier alpha value is -1.02. The third-order valence-corrected chi connectivity index (χ3v) is 4.07. The first-order chi connectivity index (χ1) is 9.56. The van der Waals surface area contributed by atoms with Gasteiger partial charge in [-0.2, -0.15) is 0 Å². The molecular formula is C18H30N2. The molecule has 20 heavy (non-hydrogen) atoms. The van der Waals surface area contributed by atoms with E-state index in [0.717, 1.165) is 24.9 Å². The van der Waals surface area contributed by atoms with E-state index in [1.165, 1.54) is 30.8 Å². The van der Waals surface area contributed by atoms with E-state index in [2.05, 4.69) is 62.2 Å². The highest BCUT2D eigenvalue weighted by molar-refractivity contribution is 5.54. The number of anilines is 1. The highest BCUT2D eigenvalue weighted by Gasteiger charge is 2.23. The highest BCUT2D eigenvalue weighted by Crippen LogP contribution is 2.28. The second-order valence-corrected chi connectivity index (χ2v) is 7.00. The quantitative estimate of drug-likeness (QED) is 0.875. The molecule has 1 aromatic carbocycles. The molecule has 1 aliphatic rings. The summed E-state index contributed by atoms with van der Waals surface area (Å²) in [6.45, 7) is 13.7. The maximum atomic E-state index is 3.58. The number of rotatable bonds is 5. The monoisotopic (exact) mass is 274 g/mol. The van der Waals surface area contributed by atoms with Crippen molar-refractivity contribution < 1.29 is 0 Å². The molecule has 1 saturated heterocycles. The number of nitrogens with zero attached hydrogens (tertiary/aromatic N) is 1. The fourth-order valence-corrected chi connectivity index (χ4v) is 3.32. The lowest BCUT2D eigenvalue weighted by atomic mass is 9.91. The zero-order valence-electron chi connectivity index (χ0n) is 13.5. The molecule has 2 rings (SSSR count). The van der Waals surface area contributed by atoms with Gasteiger partial charge in [0.15, 0.2) is 0 Å². The Morgan fingerprint density at radius 1 is 1.15 bits per heavy atom. The molecule has 1 aromatic rings. The molecule has 0 spiro atoms. The first kappa shape index (κ1) is 15.4. The van der Waals surface area contributed by atoms with Gasteiger partial charge in [-0.15, -0.1) is 0 Å². The van der Waals surface area contributed by atoms with Gasteiger partial charge in [0.1, 0.15) is 0 Å². The van der Waals surface area contributed by atoms with Crippen molar-refractivity contribution in [3.05, 3.63) is 29.8 Å². The van der Waals surface area contributed by atoms with Gasteiger partial charge in [-0.3, -0.25) is 0 Å². The molecule has 2 atom stereocenters. The average Bonchev–Trinajstić information content (AvgIpc) is 2.37. The smallest absolute Gasteiger partial charge is 0.0412 e. The third-order valence-electron chi connectivity index (χ3n) is 4.07. The van der Waals surface area contributed by atoms with Crippen LogP contribution in [0.3, 0.4) is 0 Å². The van der Waals surface area contributed by atoms with Gasteiger partial charge in [0.2, 0.25) is 0 Å². The van der Waals surface area contributed by atoms with Gasteiger partial charge in [0, 0.05) is 25.3 Å². The van der Waals surface area contributed by atoms with E-state index >= 15 is 0 Å². The zero-order chi connectivity index (χ0) is 14.5. The maximum Gasteiger partial charge on any atom is 0.0412 e. The molecule has 112 valence electrons. The molecular weight excluding hydrogens is 244 g/mol. The minimum absolute atomic E-state index is 0.706. The number of hydrogen-bond acceptors (Lipinski definition) is 2. The SMILES string of the molecule is CC(C)CNCc1ccccc1N1CC(C)CC(C)C1. The molecule has 2 nitrogen and oxygen atoms in total.